The van der Waals surface area contributed by atoms with Gasteiger partial charge in [-0.3, -0.25) is 9.59 Å². The van der Waals surface area contributed by atoms with E-state index in [2.05, 4.69) is 0 Å². The van der Waals surface area contributed by atoms with E-state index in [9.17, 15) is 18.4 Å². The molecule has 2 saturated heterocycles. The number of piperidine rings is 1. The monoisotopic (exact) mass is 362 g/mol. The summed E-state index contributed by atoms with van der Waals surface area (Å²) < 4.78 is 26.5. The second kappa shape index (κ2) is 6.63. The summed E-state index contributed by atoms with van der Waals surface area (Å²) in [6.07, 6.45) is 5.35. The van der Waals surface area contributed by atoms with Gasteiger partial charge in [0.15, 0.2) is 11.6 Å². The quantitative estimate of drug-likeness (QED) is 0.829. The fraction of sp³-hybridized carbons (Fsp3) is 0.600. The van der Waals surface area contributed by atoms with Gasteiger partial charge in [-0.1, -0.05) is 12.5 Å². The van der Waals surface area contributed by atoms with E-state index in [0.717, 1.165) is 57.3 Å². The molecule has 4 nitrogen and oxygen atoms in total. The molecule has 2 heterocycles. The maximum Gasteiger partial charge on any atom is 0.225 e. The predicted molar refractivity (Wildman–Crippen MR) is 92.0 cm³/mol. The summed E-state index contributed by atoms with van der Waals surface area (Å²) in [6.45, 7) is 2.39. The van der Waals surface area contributed by atoms with Crippen LogP contribution in [0.2, 0.25) is 0 Å². The molecule has 2 amide bonds. The molecule has 1 spiro atoms. The summed E-state index contributed by atoms with van der Waals surface area (Å²) >= 11 is 0. The van der Waals surface area contributed by atoms with Crippen LogP contribution in [0.25, 0.3) is 0 Å². The number of benzene rings is 1. The Morgan fingerprint density at radius 2 is 1.88 bits per heavy atom. The van der Waals surface area contributed by atoms with Crippen molar-refractivity contribution in [3.05, 3.63) is 35.4 Å². The Bertz CT molecular complexity index is 725. The van der Waals surface area contributed by atoms with Crippen LogP contribution in [-0.2, 0) is 16.1 Å². The van der Waals surface area contributed by atoms with Crippen molar-refractivity contribution in [2.24, 2.45) is 11.3 Å². The van der Waals surface area contributed by atoms with E-state index in [4.69, 9.17) is 0 Å². The van der Waals surface area contributed by atoms with Gasteiger partial charge in [0, 0.05) is 43.9 Å². The maximum absolute atomic E-state index is 13.4. The summed E-state index contributed by atoms with van der Waals surface area (Å²) in [5.41, 5.74) is 0.526. The van der Waals surface area contributed by atoms with Crippen molar-refractivity contribution in [2.45, 2.75) is 45.1 Å². The Morgan fingerprint density at radius 3 is 2.50 bits per heavy atom. The van der Waals surface area contributed by atoms with E-state index in [-0.39, 0.29) is 23.1 Å². The smallest absolute Gasteiger partial charge is 0.225 e. The van der Waals surface area contributed by atoms with Crippen molar-refractivity contribution >= 4 is 11.8 Å². The number of carbonyl (C=O) groups excluding carboxylic acids is 2. The first-order chi connectivity index (χ1) is 12.5. The first kappa shape index (κ1) is 17.4. The van der Waals surface area contributed by atoms with Gasteiger partial charge in [-0.15, -0.1) is 0 Å². The van der Waals surface area contributed by atoms with Crippen LogP contribution in [0.1, 0.15) is 44.1 Å². The Kier molecular flexibility index (Phi) is 4.45. The lowest BCUT2D eigenvalue weighted by Crippen LogP contribution is -2.47. The lowest BCUT2D eigenvalue weighted by molar-refractivity contribution is -0.140. The van der Waals surface area contributed by atoms with Crippen molar-refractivity contribution in [2.75, 3.05) is 19.6 Å². The van der Waals surface area contributed by atoms with Gasteiger partial charge in [0.05, 0.1) is 0 Å². The van der Waals surface area contributed by atoms with Gasteiger partial charge >= 0.3 is 0 Å². The number of carbonyl (C=O) groups is 2. The highest BCUT2D eigenvalue weighted by Crippen LogP contribution is 2.42. The van der Waals surface area contributed by atoms with E-state index in [0.29, 0.717) is 25.1 Å². The third-order valence-electron chi connectivity index (χ3n) is 6.35. The molecule has 2 aliphatic heterocycles. The number of halogens is 2. The Labute approximate surface area is 152 Å². The summed E-state index contributed by atoms with van der Waals surface area (Å²) in [4.78, 5) is 28.6. The minimum atomic E-state index is -0.883. The molecule has 6 heteroatoms. The zero-order valence-corrected chi connectivity index (χ0v) is 14.8. The van der Waals surface area contributed by atoms with Gasteiger partial charge < -0.3 is 9.80 Å². The molecule has 0 N–H and O–H groups in total. The molecule has 1 aromatic rings. The first-order valence-corrected chi connectivity index (χ1v) is 9.46. The van der Waals surface area contributed by atoms with Crippen LogP contribution in [0.15, 0.2) is 18.2 Å². The molecule has 4 rings (SSSR count). The number of amides is 2. The highest BCUT2D eigenvalue weighted by Gasteiger charge is 2.46. The van der Waals surface area contributed by atoms with E-state index in [1.54, 1.807) is 4.90 Å². The molecule has 3 fully saturated rings. The van der Waals surface area contributed by atoms with Crippen molar-refractivity contribution in [1.29, 1.82) is 0 Å². The second-order valence-corrected chi connectivity index (χ2v) is 8.13. The Hall–Kier alpha value is -1.98. The molecule has 0 atom stereocenters. The van der Waals surface area contributed by atoms with Gasteiger partial charge in [0.25, 0.3) is 0 Å². The SMILES string of the molecule is O=C1CC2(CCN(C(=O)C3CCC3)CC2)CN1Cc1ccc(F)c(F)c1. The summed E-state index contributed by atoms with van der Waals surface area (Å²) in [7, 11) is 0. The summed E-state index contributed by atoms with van der Waals surface area (Å²) in [5.74, 6) is -1.19. The second-order valence-electron chi connectivity index (χ2n) is 8.13. The standard InChI is InChI=1S/C20H24F2N2O2/c21-16-5-4-14(10-17(16)22)12-24-13-20(11-18(24)25)6-8-23(9-7-20)19(26)15-2-1-3-15/h4-5,10,15H,1-3,6-9,11-13H2. The van der Waals surface area contributed by atoms with Crippen LogP contribution < -0.4 is 0 Å². The van der Waals surface area contributed by atoms with E-state index >= 15 is 0 Å². The third kappa shape index (κ3) is 3.21. The molecular formula is C20H24F2N2O2. The number of hydrogen-bond donors (Lipinski definition) is 0. The molecule has 1 saturated carbocycles. The minimum absolute atomic E-state index is 0.0634. The zero-order chi connectivity index (χ0) is 18.3. The molecule has 0 radical (unpaired) electrons. The molecule has 3 aliphatic rings. The molecule has 0 unspecified atom stereocenters. The van der Waals surface area contributed by atoms with Crippen LogP contribution in [0.3, 0.4) is 0 Å². The van der Waals surface area contributed by atoms with E-state index in [1.807, 2.05) is 4.90 Å². The van der Waals surface area contributed by atoms with Gasteiger partial charge in [-0.25, -0.2) is 8.78 Å². The molecule has 0 aromatic heterocycles. The fourth-order valence-electron chi connectivity index (χ4n) is 4.43. The molecule has 1 aliphatic carbocycles. The van der Waals surface area contributed by atoms with Gasteiger partial charge in [0.2, 0.25) is 11.8 Å². The average Bonchev–Trinajstić information content (AvgIpc) is 2.85. The van der Waals surface area contributed by atoms with E-state index in [1.165, 1.54) is 6.07 Å². The van der Waals surface area contributed by atoms with Crippen molar-refractivity contribution < 1.29 is 18.4 Å². The van der Waals surface area contributed by atoms with Crippen molar-refractivity contribution in [3.63, 3.8) is 0 Å². The zero-order valence-electron chi connectivity index (χ0n) is 14.8. The van der Waals surface area contributed by atoms with Gasteiger partial charge in [0.1, 0.15) is 0 Å². The predicted octanol–water partition coefficient (Wildman–Crippen LogP) is 3.11. The van der Waals surface area contributed by atoms with Crippen LogP contribution in [0.4, 0.5) is 8.78 Å². The normalized spacial score (nSPS) is 22.8. The van der Waals surface area contributed by atoms with E-state index < -0.39 is 11.6 Å². The maximum atomic E-state index is 13.4. The van der Waals surface area contributed by atoms with Crippen LogP contribution in [0, 0.1) is 23.0 Å². The number of likely N-dealkylation sites (tertiary alicyclic amines) is 2. The van der Waals surface area contributed by atoms with Crippen molar-refractivity contribution in [1.82, 2.24) is 9.80 Å². The Balaban J connectivity index is 1.36. The number of rotatable bonds is 3. The largest absolute Gasteiger partial charge is 0.342 e. The summed E-state index contributed by atoms with van der Waals surface area (Å²) in [5, 5.41) is 0. The highest BCUT2D eigenvalue weighted by molar-refractivity contribution is 5.81. The topological polar surface area (TPSA) is 40.6 Å². The minimum Gasteiger partial charge on any atom is -0.342 e. The molecule has 140 valence electrons. The number of nitrogens with zero attached hydrogens (tertiary/aromatic N) is 2. The molecule has 26 heavy (non-hydrogen) atoms. The van der Waals surface area contributed by atoms with Gasteiger partial charge in [-0.05, 0) is 43.4 Å². The fourth-order valence-corrected chi connectivity index (χ4v) is 4.43. The third-order valence-corrected chi connectivity index (χ3v) is 6.35. The first-order valence-electron chi connectivity index (χ1n) is 9.46. The Morgan fingerprint density at radius 1 is 1.15 bits per heavy atom. The van der Waals surface area contributed by atoms with Crippen LogP contribution in [-0.4, -0.2) is 41.2 Å². The molecule has 0 bridgehead atoms. The summed E-state index contributed by atoms with van der Waals surface area (Å²) in [6, 6.07) is 3.79. The average molecular weight is 362 g/mol. The lowest BCUT2D eigenvalue weighted by Gasteiger charge is -2.41. The van der Waals surface area contributed by atoms with Crippen molar-refractivity contribution in [3.8, 4) is 0 Å². The van der Waals surface area contributed by atoms with Crippen LogP contribution in [0.5, 0.6) is 0 Å². The molecule has 1 aromatic carbocycles. The highest BCUT2D eigenvalue weighted by atomic mass is 19.2. The van der Waals surface area contributed by atoms with Crippen LogP contribution >= 0.6 is 0 Å². The molecular weight excluding hydrogens is 338 g/mol. The lowest BCUT2D eigenvalue weighted by atomic mass is 9.76. The number of hydrogen-bond acceptors (Lipinski definition) is 2. The van der Waals surface area contributed by atoms with Gasteiger partial charge in [-0.2, -0.15) is 0 Å².